The number of hydrogen-bond acceptors (Lipinski definition) is 1. The average molecular weight is 255 g/mol. The molecule has 0 bridgehead atoms. The van der Waals surface area contributed by atoms with Crippen LogP contribution in [0.5, 0.6) is 0 Å². The molecule has 0 saturated carbocycles. The molecule has 1 rings (SSSR count). The van der Waals surface area contributed by atoms with Crippen molar-refractivity contribution in [1.29, 1.82) is 5.41 Å². The third kappa shape index (κ3) is 13.8. The van der Waals surface area contributed by atoms with E-state index in [9.17, 15) is 0 Å². The number of rotatable bonds is 4. The molecule has 0 aromatic heterocycles. The van der Waals surface area contributed by atoms with E-state index < -0.39 is 0 Å². The first-order chi connectivity index (χ1) is 9.10. The summed E-state index contributed by atoms with van der Waals surface area (Å²) in [6, 6.07) is 0. The molecule has 1 aliphatic rings. The van der Waals surface area contributed by atoms with E-state index in [1.165, 1.54) is 6.21 Å². The fraction of sp³-hybridized carbons (Fsp3) is 0.167. The van der Waals surface area contributed by atoms with Crippen molar-refractivity contribution in [2.75, 3.05) is 0 Å². The van der Waals surface area contributed by atoms with Crippen LogP contribution in [0, 0.1) is 10.8 Å². The predicted molar refractivity (Wildman–Crippen MR) is 89.7 cm³/mol. The Labute approximate surface area is 118 Å². The van der Waals surface area contributed by atoms with Crippen LogP contribution in [-0.4, -0.2) is 6.21 Å². The minimum atomic E-state index is 0.139. The standard InChI is InChI=1S/C8H10.C6H9N.C4H6/c1-3-8(2)6-4-5-7-8;1-2-3-4-5-6-7;1-3-4-2/h3-7H,1H2,2H3;2-7H,1H3;3-4H,1-2H2/b;3-2-,5-4-,7-6?;. The molecule has 0 aromatic rings. The number of hydrogen-bond donors (Lipinski definition) is 1. The van der Waals surface area contributed by atoms with Crippen LogP contribution in [0.15, 0.2) is 86.6 Å². The predicted octanol–water partition coefficient (Wildman–Crippen LogP) is 5.43. The lowest BCUT2D eigenvalue weighted by Crippen LogP contribution is -1.99. The minimum absolute atomic E-state index is 0.139. The van der Waals surface area contributed by atoms with Crippen molar-refractivity contribution in [2.45, 2.75) is 13.8 Å². The largest absolute Gasteiger partial charge is 0.309 e. The van der Waals surface area contributed by atoms with Crippen molar-refractivity contribution in [3.8, 4) is 0 Å². The Balaban J connectivity index is 0. The third-order valence-electron chi connectivity index (χ3n) is 2.14. The van der Waals surface area contributed by atoms with Gasteiger partial charge in [0, 0.05) is 11.6 Å². The summed E-state index contributed by atoms with van der Waals surface area (Å²) in [6.45, 7) is 14.5. The molecule has 1 N–H and O–H groups in total. The van der Waals surface area contributed by atoms with Gasteiger partial charge < -0.3 is 5.41 Å². The molecule has 1 aliphatic carbocycles. The summed E-state index contributed by atoms with van der Waals surface area (Å²) < 4.78 is 0. The first-order valence-corrected chi connectivity index (χ1v) is 6.12. The van der Waals surface area contributed by atoms with Crippen molar-refractivity contribution < 1.29 is 0 Å². The molecule has 0 saturated heterocycles. The van der Waals surface area contributed by atoms with E-state index in [1.54, 1.807) is 18.2 Å². The average Bonchev–Trinajstić information content (AvgIpc) is 2.88. The van der Waals surface area contributed by atoms with Gasteiger partial charge in [0.05, 0.1) is 0 Å². The summed E-state index contributed by atoms with van der Waals surface area (Å²) in [6.07, 6.45) is 22.1. The molecule has 1 nitrogen and oxygen atoms in total. The molecule has 0 spiro atoms. The van der Waals surface area contributed by atoms with Gasteiger partial charge in [-0.2, -0.15) is 0 Å². The zero-order valence-electron chi connectivity index (χ0n) is 12.0. The van der Waals surface area contributed by atoms with Crippen molar-refractivity contribution in [3.63, 3.8) is 0 Å². The lowest BCUT2D eigenvalue weighted by molar-refractivity contribution is 0.731. The molecule has 102 valence electrons. The maximum absolute atomic E-state index is 6.54. The van der Waals surface area contributed by atoms with Crippen LogP contribution in [0.3, 0.4) is 0 Å². The van der Waals surface area contributed by atoms with Gasteiger partial charge in [0.15, 0.2) is 0 Å². The highest BCUT2D eigenvalue weighted by atomic mass is 14.3. The molecule has 0 radical (unpaired) electrons. The number of nitrogens with one attached hydrogen (secondary N) is 1. The Morgan fingerprint density at radius 3 is 1.74 bits per heavy atom. The quantitative estimate of drug-likeness (QED) is 0.393. The summed E-state index contributed by atoms with van der Waals surface area (Å²) in [4.78, 5) is 0. The maximum Gasteiger partial charge on any atom is 0.0217 e. The van der Waals surface area contributed by atoms with Crippen LogP contribution >= 0.6 is 0 Å². The highest BCUT2D eigenvalue weighted by molar-refractivity contribution is 5.67. The Hall–Kier alpha value is -2.15. The molecule has 0 atom stereocenters. The molecular weight excluding hydrogens is 230 g/mol. The first-order valence-electron chi connectivity index (χ1n) is 6.12. The first kappa shape index (κ1) is 19.2. The minimum Gasteiger partial charge on any atom is -0.309 e. The number of allylic oxidation sites excluding steroid dienone is 11. The molecular formula is C18H25N. The van der Waals surface area contributed by atoms with Crippen molar-refractivity contribution in [1.82, 2.24) is 0 Å². The zero-order valence-corrected chi connectivity index (χ0v) is 12.0. The van der Waals surface area contributed by atoms with Gasteiger partial charge in [0.1, 0.15) is 0 Å². The van der Waals surface area contributed by atoms with E-state index in [2.05, 4.69) is 38.8 Å². The smallest absolute Gasteiger partial charge is 0.0217 e. The van der Waals surface area contributed by atoms with Gasteiger partial charge in [0.2, 0.25) is 0 Å². The van der Waals surface area contributed by atoms with Crippen LogP contribution in [0.1, 0.15) is 13.8 Å². The van der Waals surface area contributed by atoms with Crippen molar-refractivity contribution in [3.05, 3.63) is 86.6 Å². The van der Waals surface area contributed by atoms with Crippen LogP contribution in [0.4, 0.5) is 0 Å². The van der Waals surface area contributed by atoms with Gasteiger partial charge in [-0.15, -0.1) is 6.58 Å². The monoisotopic (exact) mass is 255 g/mol. The molecule has 1 heteroatoms. The summed E-state index contributed by atoms with van der Waals surface area (Å²) >= 11 is 0. The molecule has 0 heterocycles. The highest BCUT2D eigenvalue weighted by Crippen LogP contribution is 2.25. The van der Waals surface area contributed by atoms with E-state index >= 15 is 0 Å². The summed E-state index contributed by atoms with van der Waals surface area (Å²) in [5.74, 6) is 0. The lowest BCUT2D eigenvalue weighted by atomic mass is 9.94. The second-order valence-electron chi connectivity index (χ2n) is 3.84. The van der Waals surface area contributed by atoms with E-state index in [1.807, 2.05) is 43.4 Å². The normalized spacial score (nSPS) is 14.2. The maximum atomic E-state index is 6.54. The van der Waals surface area contributed by atoms with E-state index in [-0.39, 0.29) is 5.41 Å². The van der Waals surface area contributed by atoms with Gasteiger partial charge in [-0.05, 0) is 19.9 Å². The van der Waals surface area contributed by atoms with Gasteiger partial charge in [0.25, 0.3) is 0 Å². The SMILES string of the molecule is C/C=C\C=C/C=N.C=CC1(C)C=CC=C1.C=CC=C. The van der Waals surface area contributed by atoms with E-state index in [4.69, 9.17) is 5.41 Å². The summed E-state index contributed by atoms with van der Waals surface area (Å²) in [5.41, 5.74) is 0.139. The van der Waals surface area contributed by atoms with Crippen molar-refractivity contribution in [2.24, 2.45) is 5.41 Å². The molecule has 0 amide bonds. The van der Waals surface area contributed by atoms with Gasteiger partial charge in [-0.25, -0.2) is 0 Å². The van der Waals surface area contributed by atoms with Gasteiger partial charge in [-0.3, -0.25) is 0 Å². The second kappa shape index (κ2) is 13.9. The molecule has 0 aliphatic heterocycles. The van der Waals surface area contributed by atoms with Crippen LogP contribution in [-0.2, 0) is 0 Å². The molecule has 0 unspecified atom stereocenters. The van der Waals surface area contributed by atoms with Crippen molar-refractivity contribution >= 4 is 6.21 Å². The van der Waals surface area contributed by atoms with E-state index in [0.717, 1.165) is 0 Å². The Morgan fingerprint density at radius 1 is 0.947 bits per heavy atom. The van der Waals surface area contributed by atoms with Gasteiger partial charge >= 0.3 is 0 Å². The zero-order chi connectivity index (χ0) is 15.0. The Morgan fingerprint density at radius 2 is 1.47 bits per heavy atom. The second-order valence-corrected chi connectivity index (χ2v) is 3.84. The van der Waals surface area contributed by atoms with E-state index in [0.29, 0.717) is 0 Å². The lowest BCUT2D eigenvalue weighted by Gasteiger charge is -2.10. The fourth-order valence-electron chi connectivity index (χ4n) is 0.948. The van der Waals surface area contributed by atoms with Crippen LogP contribution in [0.25, 0.3) is 0 Å². The Kier molecular flexibility index (Phi) is 14.1. The molecule has 19 heavy (non-hydrogen) atoms. The van der Waals surface area contributed by atoms with Crippen LogP contribution < -0.4 is 0 Å². The molecule has 0 fully saturated rings. The van der Waals surface area contributed by atoms with Gasteiger partial charge in [-0.1, -0.05) is 73.9 Å². The summed E-state index contributed by atoms with van der Waals surface area (Å²) in [5, 5.41) is 6.54. The summed E-state index contributed by atoms with van der Waals surface area (Å²) in [7, 11) is 0. The van der Waals surface area contributed by atoms with Crippen LogP contribution in [0.2, 0.25) is 0 Å². The Bertz CT molecular complexity index is 360. The molecule has 0 aromatic carbocycles. The highest BCUT2D eigenvalue weighted by Gasteiger charge is 2.12. The fourth-order valence-corrected chi connectivity index (χ4v) is 0.948. The topological polar surface area (TPSA) is 23.9 Å². The third-order valence-corrected chi connectivity index (χ3v) is 2.14.